The first-order valence-corrected chi connectivity index (χ1v) is 5.43. The van der Waals surface area contributed by atoms with Crippen molar-refractivity contribution in [2.45, 2.75) is 20.3 Å². The van der Waals surface area contributed by atoms with E-state index < -0.39 is 0 Å². The van der Waals surface area contributed by atoms with Crippen molar-refractivity contribution in [3.05, 3.63) is 28.8 Å². The van der Waals surface area contributed by atoms with Crippen LogP contribution in [-0.4, -0.2) is 26.5 Å². The fourth-order valence-corrected chi connectivity index (χ4v) is 1.84. The normalized spacial score (nSPS) is 10.2. The Morgan fingerprint density at radius 1 is 1.31 bits per heavy atom. The number of carbonyl (C=O) groups excluding carboxylic acids is 1. The minimum Gasteiger partial charge on any atom is -0.497 e. The molecule has 1 aromatic rings. The van der Waals surface area contributed by atoms with Crippen LogP contribution in [0.1, 0.15) is 27.9 Å². The fraction of sp³-hybridized carbons (Fsp3) is 0.462. The molecule has 3 nitrogen and oxygen atoms in total. The Labute approximate surface area is 96.8 Å². The van der Waals surface area contributed by atoms with Crippen LogP contribution in [0.5, 0.6) is 5.75 Å². The van der Waals surface area contributed by atoms with Gasteiger partial charge in [-0.15, -0.1) is 0 Å². The van der Waals surface area contributed by atoms with Crippen molar-refractivity contribution in [3.63, 3.8) is 0 Å². The second kappa shape index (κ2) is 5.66. The maximum Gasteiger partial charge on any atom is 0.164 e. The van der Waals surface area contributed by atoms with E-state index in [2.05, 4.69) is 5.32 Å². The standard InChI is InChI=1S/C13H19NO2/c1-9-7-11(16-4)8-10(2)13(9)12(15)5-6-14-3/h7-8,14H,5-6H2,1-4H3. The van der Waals surface area contributed by atoms with Gasteiger partial charge in [0.05, 0.1) is 7.11 Å². The van der Waals surface area contributed by atoms with Crippen LogP contribution in [-0.2, 0) is 0 Å². The van der Waals surface area contributed by atoms with Crippen LogP contribution >= 0.6 is 0 Å². The number of ketones is 1. The van der Waals surface area contributed by atoms with Crippen molar-refractivity contribution in [2.24, 2.45) is 0 Å². The van der Waals surface area contributed by atoms with Gasteiger partial charge in [-0.25, -0.2) is 0 Å². The van der Waals surface area contributed by atoms with Crippen LogP contribution in [0.3, 0.4) is 0 Å². The maximum atomic E-state index is 12.0. The van der Waals surface area contributed by atoms with E-state index >= 15 is 0 Å². The van der Waals surface area contributed by atoms with Crippen molar-refractivity contribution in [1.29, 1.82) is 0 Å². The lowest BCUT2D eigenvalue weighted by Gasteiger charge is -2.11. The molecule has 1 aromatic carbocycles. The minimum atomic E-state index is 0.187. The summed E-state index contributed by atoms with van der Waals surface area (Å²) in [6, 6.07) is 3.80. The molecule has 0 amide bonds. The van der Waals surface area contributed by atoms with Gasteiger partial charge in [0.1, 0.15) is 5.75 Å². The number of ether oxygens (including phenoxy) is 1. The summed E-state index contributed by atoms with van der Waals surface area (Å²) in [4.78, 5) is 12.0. The molecule has 0 saturated carbocycles. The third kappa shape index (κ3) is 2.83. The number of benzene rings is 1. The molecule has 1 rings (SSSR count). The Kier molecular flexibility index (Phi) is 4.50. The molecule has 0 unspecified atom stereocenters. The second-order valence-electron chi connectivity index (χ2n) is 3.91. The number of hydrogen-bond donors (Lipinski definition) is 1. The molecule has 0 saturated heterocycles. The Morgan fingerprint density at radius 2 is 1.88 bits per heavy atom. The second-order valence-corrected chi connectivity index (χ2v) is 3.91. The third-order valence-electron chi connectivity index (χ3n) is 2.62. The number of methoxy groups -OCH3 is 1. The predicted molar refractivity (Wildman–Crippen MR) is 65.3 cm³/mol. The monoisotopic (exact) mass is 221 g/mol. The Balaban J connectivity index is 3.00. The fourth-order valence-electron chi connectivity index (χ4n) is 1.84. The SMILES string of the molecule is CNCCC(=O)c1c(C)cc(OC)cc1C. The molecule has 0 heterocycles. The molecular formula is C13H19NO2. The molecule has 88 valence electrons. The molecule has 0 aliphatic carbocycles. The molecule has 0 aliphatic rings. The summed E-state index contributed by atoms with van der Waals surface area (Å²) in [5, 5.41) is 2.98. The lowest BCUT2D eigenvalue weighted by molar-refractivity contribution is 0.0982. The minimum absolute atomic E-state index is 0.187. The van der Waals surface area contributed by atoms with Crippen molar-refractivity contribution >= 4 is 5.78 Å². The highest BCUT2D eigenvalue weighted by Crippen LogP contribution is 2.22. The van der Waals surface area contributed by atoms with Gasteiger partial charge in [0, 0.05) is 18.5 Å². The van der Waals surface area contributed by atoms with E-state index in [1.54, 1.807) is 7.11 Å². The van der Waals surface area contributed by atoms with E-state index in [0.29, 0.717) is 13.0 Å². The maximum absolute atomic E-state index is 12.0. The highest BCUT2D eigenvalue weighted by molar-refractivity contribution is 5.99. The van der Waals surface area contributed by atoms with E-state index in [0.717, 1.165) is 22.4 Å². The zero-order valence-electron chi connectivity index (χ0n) is 10.4. The molecule has 0 aromatic heterocycles. The largest absolute Gasteiger partial charge is 0.497 e. The highest BCUT2D eigenvalue weighted by Gasteiger charge is 2.12. The zero-order chi connectivity index (χ0) is 12.1. The summed E-state index contributed by atoms with van der Waals surface area (Å²) in [5.74, 6) is 0.993. The summed E-state index contributed by atoms with van der Waals surface area (Å²) in [5.41, 5.74) is 2.80. The average Bonchev–Trinajstić information content (AvgIpc) is 2.25. The molecule has 3 heteroatoms. The topological polar surface area (TPSA) is 38.3 Å². The van der Waals surface area contributed by atoms with Crippen LogP contribution in [0, 0.1) is 13.8 Å². The molecule has 0 atom stereocenters. The van der Waals surface area contributed by atoms with Gasteiger partial charge in [-0.1, -0.05) is 0 Å². The summed E-state index contributed by atoms with van der Waals surface area (Å²) < 4.78 is 5.17. The third-order valence-corrected chi connectivity index (χ3v) is 2.62. The molecule has 1 N–H and O–H groups in total. The van der Waals surface area contributed by atoms with Crippen molar-refractivity contribution in [2.75, 3.05) is 20.7 Å². The first kappa shape index (κ1) is 12.7. The average molecular weight is 221 g/mol. The van der Waals surface area contributed by atoms with E-state index in [4.69, 9.17) is 4.74 Å². The Morgan fingerprint density at radius 3 is 2.31 bits per heavy atom. The summed E-state index contributed by atoms with van der Waals surface area (Å²) in [7, 11) is 3.48. The number of rotatable bonds is 5. The van der Waals surface area contributed by atoms with Crippen molar-refractivity contribution in [1.82, 2.24) is 5.32 Å². The summed E-state index contributed by atoms with van der Waals surface area (Å²) >= 11 is 0. The lowest BCUT2D eigenvalue weighted by atomic mass is 9.97. The summed E-state index contributed by atoms with van der Waals surface area (Å²) in [6.45, 7) is 4.61. The van der Waals surface area contributed by atoms with Crippen LogP contribution in [0.15, 0.2) is 12.1 Å². The Bertz CT molecular complexity index is 363. The van der Waals surface area contributed by atoms with Gasteiger partial charge >= 0.3 is 0 Å². The molecule has 0 fully saturated rings. The quantitative estimate of drug-likeness (QED) is 0.774. The van der Waals surface area contributed by atoms with E-state index in [1.807, 2.05) is 33.0 Å². The smallest absolute Gasteiger partial charge is 0.164 e. The molecule has 0 spiro atoms. The van der Waals surface area contributed by atoms with E-state index in [9.17, 15) is 4.79 Å². The van der Waals surface area contributed by atoms with Gasteiger partial charge in [0.25, 0.3) is 0 Å². The number of nitrogens with one attached hydrogen (secondary N) is 1. The van der Waals surface area contributed by atoms with Crippen molar-refractivity contribution in [3.8, 4) is 5.75 Å². The number of hydrogen-bond acceptors (Lipinski definition) is 3. The van der Waals surface area contributed by atoms with Gasteiger partial charge < -0.3 is 10.1 Å². The van der Waals surface area contributed by atoms with Gasteiger partial charge in [-0.3, -0.25) is 4.79 Å². The zero-order valence-corrected chi connectivity index (χ0v) is 10.4. The first-order chi connectivity index (χ1) is 7.60. The molecule has 0 bridgehead atoms. The molecule has 16 heavy (non-hydrogen) atoms. The van der Waals surface area contributed by atoms with E-state index in [-0.39, 0.29) is 5.78 Å². The molecule has 0 aliphatic heterocycles. The number of aryl methyl sites for hydroxylation is 2. The van der Waals surface area contributed by atoms with Crippen molar-refractivity contribution < 1.29 is 9.53 Å². The first-order valence-electron chi connectivity index (χ1n) is 5.43. The number of carbonyl (C=O) groups is 1. The van der Waals surface area contributed by atoms with E-state index in [1.165, 1.54) is 0 Å². The lowest BCUT2D eigenvalue weighted by Crippen LogP contribution is -2.14. The van der Waals surface area contributed by atoms with Gasteiger partial charge in [0.2, 0.25) is 0 Å². The van der Waals surface area contributed by atoms with Crippen LogP contribution in [0.4, 0.5) is 0 Å². The molecular weight excluding hydrogens is 202 g/mol. The molecule has 0 radical (unpaired) electrons. The summed E-state index contributed by atoms with van der Waals surface area (Å²) in [6.07, 6.45) is 0.532. The number of Topliss-reactive ketones (excluding diaryl/α,β-unsaturated/α-hetero) is 1. The van der Waals surface area contributed by atoms with Crippen LogP contribution < -0.4 is 10.1 Å². The van der Waals surface area contributed by atoms with Gasteiger partial charge in [-0.05, 0) is 44.2 Å². The van der Waals surface area contributed by atoms with Crippen LogP contribution in [0.2, 0.25) is 0 Å². The Hall–Kier alpha value is -1.35. The predicted octanol–water partition coefficient (Wildman–Crippen LogP) is 2.10. The van der Waals surface area contributed by atoms with Gasteiger partial charge in [-0.2, -0.15) is 0 Å². The van der Waals surface area contributed by atoms with Gasteiger partial charge in [0.15, 0.2) is 5.78 Å². The highest BCUT2D eigenvalue weighted by atomic mass is 16.5. The van der Waals surface area contributed by atoms with Crippen LogP contribution in [0.25, 0.3) is 0 Å².